The van der Waals surface area contributed by atoms with Crippen molar-refractivity contribution in [2.75, 3.05) is 0 Å². The summed E-state index contributed by atoms with van der Waals surface area (Å²) in [6, 6.07) is 33.1. The molecule has 0 nitrogen and oxygen atoms in total. The van der Waals surface area contributed by atoms with Crippen molar-refractivity contribution in [2.45, 2.75) is 19.6 Å². The quantitative estimate of drug-likeness (QED) is 0.266. The molecule has 0 unspecified atom stereocenters. The molecule has 4 aromatic carbocycles. The summed E-state index contributed by atoms with van der Waals surface area (Å²) in [7, 11) is -1.60. The molecule has 0 amide bonds. The van der Waals surface area contributed by atoms with Crippen LogP contribution in [0, 0.1) is 0 Å². The van der Waals surface area contributed by atoms with Gasteiger partial charge < -0.3 is 0 Å². The SMILES string of the molecule is C[Si](C)(C)c1c(-c2ccccc2)cc(-c2ccccc2)c2c1sc1ccccc12. The molecule has 142 valence electrons. The van der Waals surface area contributed by atoms with Gasteiger partial charge in [0.1, 0.15) is 0 Å². The van der Waals surface area contributed by atoms with Gasteiger partial charge in [-0.05, 0) is 39.6 Å². The first kappa shape index (κ1) is 18.4. The molecule has 0 atom stereocenters. The zero-order valence-electron chi connectivity index (χ0n) is 17.1. The predicted molar refractivity (Wildman–Crippen MR) is 133 cm³/mol. The van der Waals surface area contributed by atoms with Crippen LogP contribution in [0.5, 0.6) is 0 Å². The molecule has 29 heavy (non-hydrogen) atoms. The van der Waals surface area contributed by atoms with Crippen LogP contribution >= 0.6 is 11.3 Å². The molecular weight excluding hydrogens is 384 g/mol. The minimum absolute atomic E-state index is 1.29. The van der Waals surface area contributed by atoms with Crippen LogP contribution in [-0.4, -0.2) is 8.07 Å². The Morgan fingerprint density at radius 3 is 1.79 bits per heavy atom. The lowest BCUT2D eigenvalue weighted by atomic mass is 9.94. The first-order chi connectivity index (χ1) is 14.0. The third-order valence-electron chi connectivity index (χ3n) is 5.57. The molecule has 5 aromatic rings. The number of fused-ring (bicyclic) bond motifs is 3. The summed E-state index contributed by atoms with van der Waals surface area (Å²) in [4.78, 5) is 0. The number of thiophene rings is 1. The summed E-state index contributed by atoms with van der Waals surface area (Å²) in [5.41, 5.74) is 5.36. The molecule has 0 spiro atoms. The van der Waals surface area contributed by atoms with Crippen LogP contribution in [0.2, 0.25) is 19.6 Å². The van der Waals surface area contributed by atoms with Crippen molar-refractivity contribution < 1.29 is 0 Å². The fourth-order valence-electron chi connectivity index (χ4n) is 4.34. The van der Waals surface area contributed by atoms with Gasteiger partial charge in [-0.1, -0.05) is 98.5 Å². The smallest absolute Gasteiger partial charge is 0.0802 e. The van der Waals surface area contributed by atoms with Gasteiger partial charge in [-0.15, -0.1) is 11.3 Å². The molecule has 1 aromatic heterocycles. The third-order valence-corrected chi connectivity index (χ3v) is 8.96. The lowest BCUT2D eigenvalue weighted by Gasteiger charge is -2.24. The van der Waals surface area contributed by atoms with E-state index in [1.165, 1.54) is 42.4 Å². The lowest BCUT2D eigenvalue weighted by molar-refractivity contribution is 1.63. The molecule has 0 fully saturated rings. The summed E-state index contributed by atoms with van der Waals surface area (Å²) in [6.07, 6.45) is 0. The van der Waals surface area contributed by atoms with Gasteiger partial charge in [0.15, 0.2) is 0 Å². The van der Waals surface area contributed by atoms with Crippen LogP contribution in [0.1, 0.15) is 0 Å². The zero-order valence-corrected chi connectivity index (χ0v) is 18.9. The highest BCUT2D eigenvalue weighted by molar-refractivity contribution is 7.27. The second-order valence-corrected chi connectivity index (χ2v) is 14.7. The average Bonchev–Trinajstić information content (AvgIpc) is 3.12. The van der Waals surface area contributed by atoms with Gasteiger partial charge >= 0.3 is 0 Å². The Labute approximate surface area is 177 Å². The normalized spacial score (nSPS) is 12.0. The van der Waals surface area contributed by atoms with Crippen molar-refractivity contribution >= 4 is 44.8 Å². The average molecular weight is 409 g/mol. The van der Waals surface area contributed by atoms with E-state index in [0.717, 1.165) is 0 Å². The van der Waals surface area contributed by atoms with Gasteiger partial charge in [0.05, 0.1) is 8.07 Å². The summed E-state index contributed by atoms with van der Waals surface area (Å²) in [6.45, 7) is 7.42. The molecule has 0 aliphatic carbocycles. The molecule has 0 saturated carbocycles. The first-order valence-electron chi connectivity index (χ1n) is 10.1. The van der Waals surface area contributed by atoms with Gasteiger partial charge in [0.2, 0.25) is 0 Å². The highest BCUT2D eigenvalue weighted by Gasteiger charge is 2.27. The van der Waals surface area contributed by atoms with E-state index in [2.05, 4.69) is 111 Å². The van der Waals surface area contributed by atoms with Crippen molar-refractivity contribution in [2.24, 2.45) is 0 Å². The monoisotopic (exact) mass is 408 g/mol. The molecule has 5 rings (SSSR count). The summed E-state index contributed by atoms with van der Waals surface area (Å²) in [5.74, 6) is 0. The second kappa shape index (κ2) is 6.98. The van der Waals surface area contributed by atoms with Crippen molar-refractivity contribution in [3.05, 3.63) is 91.0 Å². The Hall–Kier alpha value is -2.68. The minimum Gasteiger partial charge on any atom is -0.135 e. The topological polar surface area (TPSA) is 0 Å². The van der Waals surface area contributed by atoms with E-state index in [-0.39, 0.29) is 0 Å². The molecule has 2 heteroatoms. The Balaban J connectivity index is 2.01. The maximum absolute atomic E-state index is 2.47. The fraction of sp³-hybridized carbons (Fsp3) is 0.111. The number of hydrogen-bond donors (Lipinski definition) is 0. The maximum Gasteiger partial charge on any atom is 0.0802 e. The van der Waals surface area contributed by atoms with Crippen molar-refractivity contribution in [3.63, 3.8) is 0 Å². The summed E-state index contributed by atoms with van der Waals surface area (Å²) >= 11 is 1.97. The van der Waals surface area contributed by atoms with Crippen LogP contribution in [0.25, 0.3) is 42.4 Å². The maximum atomic E-state index is 2.47. The highest BCUT2D eigenvalue weighted by atomic mass is 32.1. The van der Waals surface area contributed by atoms with Gasteiger partial charge in [0.25, 0.3) is 0 Å². The molecule has 0 radical (unpaired) electrons. The van der Waals surface area contributed by atoms with E-state index in [1.807, 2.05) is 11.3 Å². The van der Waals surface area contributed by atoms with E-state index in [1.54, 1.807) is 5.19 Å². The van der Waals surface area contributed by atoms with Crippen LogP contribution < -0.4 is 5.19 Å². The highest BCUT2D eigenvalue weighted by Crippen LogP contribution is 2.42. The van der Waals surface area contributed by atoms with Gasteiger partial charge in [-0.25, -0.2) is 0 Å². The molecular formula is C27H24SSi. The Bertz CT molecular complexity index is 1310. The van der Waals surface area contributed by atoms with Crippen LogP contribution in [0.15, 0.2) is 91.0 Å². The van der Waals surface area contributed by atoms with Crippen molar-refractivity contribution in [3.8, 4) is 22.3 Å². The van der Waals surface area contributed by atoms with E-state index in [9.17, 15) is 0 Å². The standard InChI is InChI=1S/C27H24SSi/c1-29(2,3)27-23(20-14-8-5-9-15-20)18-22(19-12-6-4-7-13-19)25-21-16-10-11-17-24(21)28-26(25)27/h4-18H,1-3H3. The molecule has 0 bridgehead atoms. The fourth-order valence-corrected chi connectivity index (χ4v) is 8.42. The van der Waals surface area contributed by atoms with Crippen LogP contribution in [0.4, 0.5) is 0 Å². The molecule has 0 saturated heterocycles. The Kier molecular flexibility index (Phi) is 4.42. The molecule has 1 heterocycles. The van der Waals surface area contributed by atoms with Crippen molar-refractivity contribution in [1.82, 2.24) is 0 Å². The van der Waals surface area contributed by atoms with E-state index >= 15 is 0 Å². The summed E-state index contributed by atoms with van der Waals surface area (Å²) < 4.78 is 2.86. The Morgan fingerprint density at radius 2 is 1.17 bits per heavy atom. The van der Waals surface area contributed by atoms with Gasteiger partial charge in [-0.2, -0.15) is 0 Å². The predicted octanol–water partition coefficient (Wildman–Crippen LogP) is 7.93. The van der Waals surface area contributed by atoms with Crippen molar-refractivity contribution in [1.29, 1.82) is 0 Å². The van der Waals surface area contributed by atoms with Gasteiger partial charge in [-0.3, -0.25) is 0 Å². The molecule has 0 N–H and O–H groups in total. The number of hydrogen-bond acceptors (Lipinski definition) is 1. The first-order valence-corrected chi connectivity index (χ1v) is 14.5. The van der Waals surface area contributed by atoms with E-state index in [4.69, 9.17) is 0 Å². The number of rotatable bonds is 3. The lowest BCUT2D eigenvalue weighted by Crippen LogP contribution is -2.39. The minimum atomic E-state index is -1.60. The zero-order chi connectivity index (χ0) is 20.0. The second-order valence-electron chi connectivity index (χ2n) is 8.63. The third kappa shape index (κ3) is 3.13. The molecule has 0 aliphatic heterocycles. The van der Waals surface area contributed by atoms with E-state index in [0.29, 0.717) is 0 Å². The van der Waals surface area contributed by atoms with Crippen LogP contribution in [-0.2, 0) is 0 Å². The Morgan fingerprint density at radius 1 is 0.621 bits per heavy atom. The summed E-state index contributed by atoms with van der Waals surface area (Å²) in [5, 5.41) is 4.39. The van der Waals surface area contributed by atoms with E-state index < -0.39 is 8.07 Å². The van der Waals surface area contributed by atoms with Gasteiger partial charge in [0, 0.05) is 20.2 Å². The largest absolute Gasteiger partial charge is 0.135 e. The number of benzene rings is 4. The van der Waals surface area contributed by atoms with Crippen LogP contribution in [0.3, 0.4) is 0 Å². The molecule has 0 aliphatic rings.